The highest BCUT2D eigenvalue weighted by Crippen LogP contribution is 2.28. The average molecular weight is 393 g/mol. The van der Waals surface area contributed by atoms with Crippen molar-refractivity contribution in [2.75, 3.05) is 45.9 Å². The molecule has 0 aromatic heterocycles. The zero-order valence-corrected chi connectivity index (χ0v) is 17.4. The van der Waals surface area contributed by atoms with Gasteiger partial charge >= 0.3 is 0 Å². The lowest BCUT2D eigenvalue weighted by Crippen LogP contribution is -2.43. The monoisotopic (exact) mass is 392 g/mol. The third kappa shape index (κ3) is 5.13. The van der Waals surface area contributed by atoms with E-state index in [-0.39, 0.29) is 5.78 Å². The number of ether oxygens (including phenoxy) is 1. The van der Waals surface area contributed by atoms with Crippen LogP contribution in [0.1, 0.15) is 47.3 Å². The minimum Gasteiger partial charge on any atom is -0.379 e. The summed E-state index contributed by atoms with van der Waals surface area (Å²) in [6.45, 7) is 9.68. The van der Waals surface area contributed by atoms with Gasteiger partial charge in [-0.25, -0.2) is 0 Å². The molecule has 0 radical (unpaired) electrons. The Morgan fingerprint density at radius 1 is 0.966 bits per heavy atom. The van der Waals surface area contributed by atoms with Gasteiger partial charge in [-0.1, -0.05) is 48.5 Å². The number of carbonyl (C=O) groups is 1. The van der Waals surface area contributed by atoms with Gasteiger partial charge in [0.05, 0.1) is 13.2 Å². The molecular weight excluding hydrogens is 360 g/mol. The molecule has 1 atom stereocenters. The molecule has 0 bridgehead atoms. The Hall–Kier alpha value is -2.01. The maximum absolute atomic E-state index is 12.8. The van der Waals surface area contributed by atoms with E-state index in [0.29, 0.717) is 6.04 Å². The molecule has 4 rings (SSSR count). The average Bonchev–Trinajstić information content (AvgIpc) is 2.80. The Morgan fingerprint density at radius 2 is 1.66 bits per heavy atom. The molecule has 0 aliphatic carbocycles. The van der Waals surface area contributed by atoms with Crippen LogP contribution in [0.15, 0.2) is 54.6 Å². The molecule has 154 valence electrons. The van der Waals surface area contributed by atoms with Crippen LogP contribution in [0.4, 0.5) is 0 Å². The second-order valence-electron chi connectivity index (χ2n) is 8.39. The number of benzene rings is 2. The van der Waals surface area contributed by atoms with Gasteiger partial charge in [-0.05, 0) is 50.4 Å². The molecule has 0 amide bonds. The molecule has 2 saturated heterocycles. The Kier molecular flexibility index (Phi) is 6.75. The first kappa shape index (κ1) is 20.3. The first-order valence-electron chi connectivity index (χ1n) is 10.9. The van der Waals surface area contributed by atoms with Gasteiger partial charge in [0.1, 0.15) is 0 Å². The Labute approximate surface area is 174 Å². The zero-order valence-electron chi connectivity index (χ0n) is 17.4. The van der Waals surface area contributed by atoms with Crippen LogP contribution in [-0.4, -0.2) is 61.5 Å². The number of ketones is 1. The molecule has 0 spiro atoms. The van der Waals surface area contributed by atoms with Gasteiger partial charge in [0.15, 0.2) is 5.78 Å². The van der Waals surface area contributed by atoms with Crippen molar-refractivity contribution >= 4 is 5.78 Å². The van der Waals surface area contributed by atoms with Crippen molar-refractivity contribution in [3.8, 4) is 0 Å². The summed E-state index contributed by atoms with van der Waals surface area (Å²) in [7, 11) is 0. The van der Waals surface area contributed by atoms with Gasteiger partial charge in [0.2, 0.25) is 0 Å². The van der Waals surface area contributed by atoms with Crippen molar-refractivity contribution in [2.24, 2.45) is 5.92 Å². The second-order valence-corrected chi connectivity index (χ2v) is 8.39. The van der Waals surface area contributed by atoms with Crippen LogP contribution >= 0.6 is 0 Å². The first-order valence-corrected chi connectivity index (χ1v) is 10.9. The summed E-state index contributed by atoms with van der Waals surface area (Å²) in [4.78, 5) is 17.9. The molecule has 2 aromatic rings. The molecule has 2 aliphatic rings. The van der Waals surface area contributed by atoms with Crippen molar-refractivity contribution < 1.29 is 9.53 Å². The Morgan fingerprint density at radius 3 is 2.38 bits per heavy atom. The van der Waals surface area contributed by atoms with Gasteiger partial charge in [-0.15, -0.1) is 0 Å². The van der Waals surface area contributed by atoms with E-state index in [1.54, 1.807) is 0 Å². The predicted octanol–water partition coefficient (Wildman–Crippen LogP) is 4.02. The minimum atomic E-state index is 0.101. The fourth-order valence-corrected chi connectivity index (χ4v) is 4.58. The highest BCUT2D eigenvalue weighted by molar-refractivity contribution is 6.09. The molecule has 0 N–H and O–H groups in total. The molecule has 0 saturated carbocycles. The lowest BCUT2D eigenvalue weighted by atomic mass is 9.93. The van der Waals surface area contributed by atoms with Crippen LogP contribution in [0.2, 0.25) is 0 Å². The van der Waals surface area contributed by atoms with E-state index < -0.39 is 0 Å². The Balaban J connectivity index is 1.35. The highest BCUT2D eigenvalue weighted by atomic mass is 16.5. The van der Waals surface area contributed by atoms with Crippen LogP contribution in [0.3, 0.4) is 0 Å². The van der Waals surface area contributed by atoms with Gasteiger partial charge in [-0.2, -0.15) is 0 Å². The maximum Gasteiger partial charge on any atom is 0.193 e. The number of rotatable bonds is 6. The van der Waals surface area contributed by atoms with E-state index in [4.69, 9.17) is 4.74 Å². The number of piperidine rings is 1. The van der Waals surface area contributed by atoms with E-state index in [2.05, 4.69) is 28.9 Å². The number of likely N-dealkylation sites (tertiary alicyclic amines) is 1. The summed E-state index contributed by atoms with van der Waals surface area (Å²) >= 11 is 0. The highest BCUT2D eigenvalue weighted by Gasteiger charge is 2.25. The number of carbonyl (C=O) groups excluding carboxylic acids is 1. The summed E-state index contributed by atoms with van der Waals surface area (Å²) in [5, 5.41) is 0. The lowest BCUT2D eigenvalue weighted by Gasteiger charge is -2.38. The van der Waals surface area contributed by atoms with E-state index >= 15 is 0 Å². The Bertz CT molecular complexity index is 793. The molecule has 2 heterocycles. The van der Waals surface area contributed by atoms with Crippen molar-refractivity contribution in [3.63, 3.8) is 0 Å². The summed E-state index contributed by atoms with van der Waals surface area (Å²) < 4.78 is 5.47. The fraction of sp³-hybridized carbons (Fsp3) is 0.480. The van der Waals surface area contributed by atoms with Crippen molar-refractivity contribution in [2.45, 2.75) is 25.8 Å². The van der Waals surface area contributed by atoms with Gasteiger partial charge in [-0.3, -0.25) is 14.6 Å². The van der Waals surface area contributed by atoms with Gasteiger partial charge in [0.25, 0.3) is 0 Å². The lowest BCUT2D eigenvalue weighted by molar-refractivity contribution is 0.0227. The standard InChI is InChI=1S/C25H32N2O2/c1-20(27-12-10-21(11-13-27)19-26-14-16-29-17-15-26)23-8-5-9-24(18-23)25(28)22-6-3-2-4-7-22/h2-9,18,20-21H,10-17,19H2,1H3. The number of nitrogens with zero attached hydrogens (tertiary/aromatic N) is 2. The van der Waals surface area contributed by atoms with E-state index in [1.807, 2.05) is 42.5 Å². The van der Waals surface area contributed by atoms with E-state index in [9.17, 15) is 4.79 Å². The van der Waals surface area contributed by atoms with Crippen LogP contribution in [-0.2, 0) is 4.74 Å². The molecule has 1 unspecified atom stereocenters. The summed E-state index contributed by atoms with van der Waals surface area (Å²) in [5.41, 5.74) is 2.77. The smallest absolute Gasteiger partial charge is 0.193 e. The molecule has 4 nitrogen and oxygen atoms in total. The van der Waals surface area contributed by atoms with Crippen LogP contribution in [0, 0.1) is 5.92 Å². The van der Waals surface area contributed by atoms with E-state index in [1.165, 1.54) is 24.9 Å². The summed E-state index contributed by atoms with van der Waals surface area (Å²) in [6.07, 6.45) is 2.51. The first-order chi connectivity index (χ1) is 14.2. The SMILES string of the molecule is CC(c1cccc(C(=O)c2ccccc2)c1)N1CCC(CN2CCOCC2)CC1. The van der Waals surface area contributed by atoms with Crippen molar-refractivity contribution in [1.82, 2.24) is 9.80 Å². The molecular formula is C25H32N2O2. The summed E-state index contributed by atoms with van der Waals surface area (Å²) in [5.74, 6) is 0.895. The van der Waals surface area contributed by atoms with Gasteiger partial charge in [0, 0.05) is 36.8 Å². The molecule has 2 fully saturated rings. The summed E-state index contributed by atoms with van der Waals surface area (Å²) in [6, 6.07) is 18.1. The van der Waals surface area contributed by atoms with Crippen LogP contribution in [0.25, 0.3) is 0 Å². The normalized spacial score (nSPS) is 20.4. The third-order valence-corrected chi connectivity index (χ3v) is 6.48. The number of hydrogen-bond donors (Lipinski definition) is 0. The second kappa shape index (κ2) is 9.66. The maximum atomic E-state index is 12.8. The predicted molar refractivity (Wildman–Crippen MR) is 116 cm³/mol. The number of hydrogen-bond acceptors (Lipinski definition) is 4. The van der Waals surface area contributed by atoms with Crippen LogP contribution in [0.5, 0.6) is 0 Å². The quantitative estimate of drug-likeness (QED) is 0.695. The molecule has 2 aromatic carbocycles. The third-order valence-electron chi connectivity index (χ3n) is 6.48. The topological polar surface area (TPSA) is 32.8 Å². The molecule has 2 aliphatic heterocycles. The zero-order chi connectivity index (χ0) is 20.1. The van der Waals surface area contributed by atoms with Crippen molar-refractivity contribution in [1.29, 1.82) is 0 Å². The molecule has 29 heavy (non-hydrogen) atoms. The van der Waals surface area contributed by atoms with Crippen molar-refractivity contribution in [3.05, 3.63) is 71.3 Å². The fourth-order valence-electron chi connectivity index (χ4n) is 4.58. The molecule has 4 heteroatoms. The van der Waals surface area contributed by atoms with E-state index in [0.717, 1.165) is 56.4 Å². The number of morpholine rings is 1. The van der Waals surface area contributed by atoms with Gasteiger partial charge < -0.3 is 4.74 Å². The minimum absolute atomic E-state index is 0.101. The van der Waals surface area contributed by atoms with Crippen LogP contribution < -0.4 is 0 Å². The largest absolute Gasteiger partial charge is 0.379 e.